The molecule has 3 heterocycles. The molecule has 1 aliphatic carbocycles. The minimum atomic E-state index is -1.17. The summed E-state index contributed by atoms with van der Waals surface area (Å²) in [6, 6.07) is 16.4. The highest BCUT2D eigenvalue weighted by molar-refractivity contribution is 6.03. The number of amides is 3. The fourth-order valence-corrected chi connectivity index (χ4v) is 7.22. The van der Waals surface area contributed by atoms with Gasteiger partial charge in [0.1, 0.15) is 11.6 Å². The molecule has 2 N–H and O–H groups in total. The highest BCUT2D eigenvalue weighted by atomic mass is 16.5. The average Bonchev–Trinajstić information content (AvgIpc) is 3.61. The van der Waals surface area contributed by atoms with Gasteiger partial charge in [-0.05, 0) is 48.9 Å². The largest absolute Gasteiger partial charge is 0.359 e. The molecule has 3 fully saturated rings. The van der Waals surface area contributed by atoms with E-state index in [1.165, 1.54) is 12.0 Å². The van der Waals surface area contributed by atoms with Crippen LogP contribution in [0.3, 0.4) is 0 Å². The predicted molar refractivity (Wildman–Crippen MR) is 153 cm³/mol. The summed E-state index contributed by atoms with van der Waals surface area (Å²) in [7, 11) is 0. The quantitative estimate of drug-likeness (QED) is 0.477. The van der Waals surface area contributed by atoms with E-state index in [0.717, 1.165) is 31.2 Å². The maximum atomic E-state index is 14.3. The first-order chi connectivity index (χ1) is 19.3. The maximum Gasteiger partial charge on any atom is 0.246 e. The molecular formula is C33H39N3O4. The molecule has 2 aromatic rings. The summed E-state index contributed by atoms with van der Waals surface area (Å²) >= 11 is 0. The van der Waals surface area contributed by atoms with E-state index in [2.05, 4.69) is 24.5 Å². The molecular weight excluding hydrogens is 502 g/mol. The van der Waals surface area contributed by atoms with Crippen LogP contribution in [0.4, 0.5) is 5.69 Å². The van der Waals surface area contributed by atoms with Crippen LogP contribution < -0.4 is 10.6 Å². The van der Waals surface area contributed by atoms with Gasteiger partial charge in [0.15, 0.2) is 0 Å². The van der Waals surface area contributed by atoms with Gasteiger partial charge in [0.2, 0.25) is 17.7 Å². The smallest absolute Gasteiger partial charge is 0.246 e. The highest BCUT2D eigenvalue weighted by Crippen LogP contribution is 2.56. The number of nitrogens with zero attached hydrogens (tertiary/aromatic N) is 1. The summed E-state index contributed by atoms with van der Waals surface area (Å²) in [5, 5.41) is 6.28. The zero-order valence-electron chi connectivity index (χ0n) is 23.5. The summed E-state index contributed by atoms with van der Waals surface area (Å²) in [4.78, 5) is 43.8. The summed E-state index contributed by atoms with van der Waals surface area (Å²) in [6.45, 7) is 6.20. The summed E-state index contributed by atoms with van der Waals surface area (Å²) in [5.41, 5.74) is 1.63. The Bertz CT molecular complexity index is 1300. The van der Waals surface area contributed by atoms with Crippen molar-refractivity contribution in [3.63, 3.8) is 0 Å². The standard InChI is InChI=1S/C33H39N3O4/c1-20(2)22-14-16-25(17-15-22)34-30(37)27-26-18-19-33(40-26)28(27)32(39)36(21(3)23-10-6-4-7-11-23)29(33)31(38)35-24-12-8-5-9-13-24/h4,6-7,10-11,14-21,24,26-29H,5,8-9,12-13H2,1-3H3,(H,34,37)(H,35,38)/t21-,26-,27+,28-,29+,33-/m1/s1. The average molecular weight is 542 g/mol. The van der Waals surface area contributed by atoms with Gasteiger partial charge in [0.05, 0.1) is 24.0 Å². The maximum absolute atomic E-state index is 14.3. The number of likely N-dealkylation sites (tertiary alicyclic amines) is 1. The fraction of sp³-hybridized carbons (Fsp3) is 0.485. The van der Waals surface area contributed by atoms with E-state index in [-0.39, 0.29) is 29.8 Å². The SMILES string of the molecule is CC(C)c1ccc(NC(=O)[C@H]2[C@H]3C=C[C@]4(O3)[C@H](C(=O)NC3CCCCC3)N([C@H](C)c3ccccc3)C(=O)[C@@H]24)cc1. The van der Waals surface area contributed by atoms with Crippen LogP contribution >= 0.6 is 0 Å². The van der Waals surface area contributed by atoms with Crippen LogP contribution in [0.5, 0.6) is 0 Å². The summed E-state index contributed by atoms with van der Waals surface area (Å²) in [5.74, 6) is -1.76. The number of benzene rings is 2. The molecule has 7 nitrogen and oxygen atoms in total. The van der Waals surface area contributed by atoms with E-state index in [9.17, 15) is 14.4 Å². The van der Waals surface area contributed by atoms with Crippen molar-refractivity contribution in [3.8, 4) is 0 Å². The fourth-order valence-electron chi connectivity index (χ4n) is 7.22. The number of fused-ring (bicyclic) bond motifs is 1. The van der Waals surface area contributed by atoms with Gasteiger partial charge >= 0.3 is 0 Å². The van der Waals surface area contributed by atoms with Crippen LogP contribution in [0.2, 0.25) is 0 Å². The van der Waals surface area contributed by atoms with Gasteiger partial charge < -0.3 is 20.3 Å². The molecule has 2 bridgehead atoms. The van der Waals surface area contributed by atoms with E-state index in [1.54, 1.807) is 4.90 Å². The van der Waals surface area contributed by atoms with Crippen molar-refractivity contribution in [1.29, 1.82) is 0 Å². The van der Waals surface area contributed by atoms with Gasteiger partial charge in [-0.15, -0.1) is 0 Å². The Balaban J connectivity index is 1.32. The molecule has 2 saturated heterocycles. The molecule has 6 rings (SSSR count). The molecule has 2 aromatic carbocycles. The third-order valence-electron chi connectivity index (χ3n) is 9.36. The lowest BCUT2D eigenvalue weighted by Crippen LogP contribution is -2.56. The van der Waals surface area contributed by atoms with Crippen molar-refractivity contribution in [2.45, 2.75) is 88.6 Å². The lowest BCUT2D eigenvalue weighted by atomic mass is 9.74. The molecule has 4 aliphatic rings. The second kappa shape index (κ2) is 10.5. The number of hydrogen-bond donors (Lipinski definition) is 2. The molecule has 3 aliphatic heterocycles. The molecule has 1 spiro atoms. The molecule has 0 unspecified atom stereocenters. The van der Waals surface area contributed by atoms with Gasteiger partial charge in [-0.1, -0.05) is 87.7 Å². The molecule has 3 amide bonds. The number of hydrogen-bond acceptors (Lipinski definition) is 4. The topological polar surface area (TPSA) is 87.7 Å². The molecule has 40 heavy (non-hydrogen) atoms. The molecule has 210 valence electrons. The first kappa shape index (κ1) is 26.8. The zero-order valence-corrected chi connectivity index (χ0v) is 23.5. The van der Waals surface area contributed by atoms with Crippen LogP contribution in [0.15, 0.2) is 66.7 Å². The van der Waals surface area contributed by atoms with E-state index < -0.39 is 29.6 Å². The Morgan fingerprint density at radius 2 is 1.62 bits per heavy atom. The molecule has 6 atom stereocenters. The number of carbonyl (C=O) groups excluding carboxylic acids is 3. The second-order valence-corrected chi connectivity index (χ2v) is 12.1. The third-order valence-corrected chi connectivity index (χ3v) is 9.36. The van der Waals surface area contributed by atoms with Crippen molar-refractivity contribution in [2.24, 2.45) is 11.8 Å². The number of carbonyl (C=O) groups is 3. The zero-order chi connectivity index (χ0) is 28.0. The first-order valence-corrected chi connectivity index (χ1v) is 14.8. The number of rotatable bonds is 7. The summed E-state index contributed by atoms with van der Waals surface area (Å²) in [6.07, 6.45) is 8.44. The van der Waals surface area contributed by atoms with E-state index in [1.807, 2.05) is 73.7 Å². The van der Waals surface area contributed by atoms with Crippen LogP contribution in [-0.4, -0.2) is 46.4 Å². The van der Waals surface area contributed by atoms with Crippen molar-refractivity contribution < 1.29 is 19.1 Å². The Kier molecular flexibility index (Phi) is 7.03. The summed E-state index contributed by atoms with van der Waals surface area (Å²) < 4.78 is 6.52. The lowest BCUT2D eigenvalue weighted by molar-refractivity contribution is -0.143. The van der Waals surface area contributed by atoms with Crippen molar-refractivity contribution >= 4 is 23.4 Å². The van der Waals surface area contributed by atoms with E-state index >= 15 is 0 Å². The minimum Gasteiger partial charge on any atom is -0.359 e. The monoisotopic (exact) mass is 541 g/mol. The van der Waals surface area contributed by atoms with Gasteiger partial charge in [-0.3, -0.25) is 14.4 Å². The van der Waals surface area contributed by atoms with Gasteiger partial charge in [-0.2, -0.15) is 0 Å². The number of anilines is 1. The van der Waals surface area contributed by atoms with Gasteiger partial charge in [0, 0.05) is 11.7 Å². The van der Waals surface area contributed by atoms with Crippen molar-refractivity contribution in [2.75, 3.05) is 5.32 Å². The molecule has 7 heteroatoms. The molecule has 1 saturated carbocycles. The predicted octanol–water partition coefficient (Wildman–Crippen LogP) is 5.11. The van der Waals surface area contributed by atoms with Crippen LogP contribution in [0.25, 0.3) is 0 Å². The number of ether oxygens (including phenoxy) is 1. The number of nitrogens with one attached hydrogen (secondary N) is 2. The van der Waals surface area contributed by atoms with Crippen molar-refractivity contribution in [3.05, 3.63) is 77.9 Å². The lowest BCUT2D eigenvalue weighted by Gasteiger charge is -2.37. The second-order valence-electron chi connectivity index (χ2n) is 12.1. The Labute approximate surface area is 236 Å². The molecule has 0 radical (unpaired) electrons. The Morgan fingerprint density at radius 1 is 0.925 bits per heavy atom. The van der Waals surface area contributed by atoms with Crippen LogP contribution in [-0.2, 0) is 19.1 Å². The Morgan fingerprint density at radius 3 is 2.30 bits per heavy atom. The van der Waals surface area contributed by atoms with Crippen LogP contribution in [0, 0.1) is 11.8 Å². The van der Waals surface area contributed by atoms with E-state index in [0.29, 0.717) is 11.6 Å². The van der Waals surface area contributed by atoms with Gasteiger partial charge in [-0.25, -0.2) is 0 Å². The van der Waals surface area contributed by atoms with Crippen LogP contribution in [0.1, 0.15) is 76.0 Å². The third kappa shape index (κ3) is 4.44. The van der Waals surface area contributed by atoms with Gasteiger partial charge in [0.25, 0.3) is 0 Å². The highest BCUT2D eigenvalue weighted by Gasteiger charge is 2.73. The van der Waals surface area contributed by atoms with E-state index in [4.69, 9.17) is 4.74 Å². The van der Waals surface area contributed by atoms with Crippen molar-refractivity contribution in [1.82, 2.24) is 10.2 Å². The minimum absolute atomic E-state index is 0.0937. The molecule has 0 aromatic heterocycles. The Hall–Kier alpha value is -3.45. The first-order valence-electron chi connectivity index (χ1n) is 14.8. The normalized spacial score (nSPS) is 30.0.